The van der Waals surface area contributed by atoms with Crippen LogP contribution in [0.2, 0.25) is 5.02 Å². The molecule has 1 aliphatic rings. The number of hydrogen-bond donors (Lipinski definition) is 0. The average molecular weight is 409 g/mol. The second kappa shape index (κ2) is 7.33. The van der Waals surface area contributed by atoms with Crippen LogP contribution in [0, 0.1) is 5.82 Å². The Balaban J connectivity index is 1.42. The normalized spacial score (nSPS) is 14.6. The number of nitrogens with zero attached hydrogens (tertiary/aromatic N) is 6. The van der Waals surface area contributed by atoms with E-state index in [0.29, 0.717) is 5.02 Å². The van der Waals surface area contributed by atoms with Gasteiger partial charge in [-0.15, -0.1) is 0 Å². The minimum atomic E-state index is -0.216. The molecule has 2 aromatic heterocycles. The maximum absolute atomic E-state index is 13.2. The smallest absolute Gasteiger partial charge is 0.168 e. The summed E-state index contributed by atoms with van der Waals surface area (Å²) in [7, 11) is 0. The first-order chi connectivity index (χ1) is 14.2. The largest absolute Gasteiger partial charge is 0.368 e. The molecule has 2 aromatic carbocycles. The summed E-state index contributed by atoms with van der Waals surface area (Å²) in [6.45, 7) is 3.27. The van der Waals surface area contributed by atoms with E-state index >= 15 is 0 Å². The minimum Gasteiger partial charge on any atom is -0.368 e. The van der Waals surface area contributed by atoms with Crippen LogP contribution in [0.1, 0.15) is 0 Å². The molecule has 1 aliphatic heterocycles. The monoisotopic (exact) mass is 408 g/mol. The number of benzene rings is 2. The molecule has 146 valence electrons. The molecule has 0 aliphatic carbocycles. The Hall–Kier alpha value is -3.19. The first-order valence-electron chi connectivity index (χ1n) is 9.40. The lowest BCUT2D eigenvalue weighted by Crippen LogP contribution is -2.46. The van der Waals surface area contributed by atoms with Crippen LogP contribution < -0.4 is 9.80 Å². The fraction of sp³-hybridized carbons (Fsp3) is 0.190. The van der Waals surface area contributed by atoms with Gasteiger partial charge in [0.1, 0.15) is 18.0 Å². The van der Waals surface area contributed by atoms with Crippen LogP contribution in [0.15, 0.2) is 61.1 Å². The molecule has 0 saturated carbocycles. The molecule has 0 atom stereocenters. The molecular formula is C21H18ClFN6. The van der Waals surface area contributed by atoms with Crippen LogP contribution in [-0.4, -0.2) is 45.9 Å². The standard InChI is InChI=1S/C21H18ClFN6/c22-18-3-1-2-4-19(18)29-21-17(13-26-29)20(24-14-25-21)28-11-9-27(10-12-28)16-7-5-15(23)6-8-16/h1-8,13-14H,9-12H2. The van der Waals surface area contributed by atoms with E-state index in [1.165, 1.54) is 12.1 Å². The Morgan fingerprint density at radius 2 is 1.59 bits per heavy atom. The molecule has 0 radical (unpaired) electrons. The van der Waals surface area contributed by atoms with Gasteiger partial charge in [0.15, 0.2) is 5.65 Å². The number of aromatic nitrogens is 4. The molecule has 0 unspecified atom stereocenters. The van der Waals surface area contributed by atoms with Crippen molar-refractivity contribution >= 4 is 34.1 Å². The Morgan fingerprint density at radius 3 is 2.34 bits per heavy atom. The SMILES string of the molecule is Fc1ccc(N2CCN(c3ncnc4c3cnn4-c3ccccc3Cl)CC2)cc1. The van der Waals surface area contributed by atoms with Gasteiger partial charge in [-0.25, -0.2) is 19.0 Å². The molecule has 5 rings (SSSR count). The zero-order valence-corrected chi connectivity index (χ0v) is 16.3. The third-order valence-corrected chi connectivity index (χ3v) is 5.52. The lowest BCUT2D eigenvalue weighted by molar-refractivity contribution is 0.624. The number of halogens is 2. The van der Waals surface area contributed by atoms with Crippen LogP contribution in [-0.2, 0) is 0 Å². The first kappa shape index (κ1) is 17.9. The number of anilines is 2. The molecule has 1 saturated heterocycles. The molecule has 8 heteroatoms. The summed E-state index contributed by atoms with van der Waals surface area (Å²) in [6.07, 6.45) is 3.36. The highest BCUT2D eigenvalue weighted by molar-refractivity contribution is 6.32. The predicted molar refractivity (Wildman–Crippen MR) is 112 cm³/mol. The van der Waals surface area contributed by atoms with E-state index in [0.717, 1.165) is 54.4 Å². The van der Waals surface area contributed by atoms with Gasteiger partial charge < -0.3 is 9.80 Å². The summed E-state index contributed by atoms with van der Waals surface area (Å²) in [4.78, 5) is 13.5. The fourth-order valence-corrected chi connectivity index (χ4v) is 3.93. The van der Waals surface area contributed by atoms with E-state index in [1.54, 1.807) is 17.2 Å². The van der Waals surface area contributed by atoms with Crippen molar-refractivity contribution < 1.29 is 4.39 Å². The van der Waals surface area contributed by atoms with E-state index in [9.17, 15) is 4.39 Å². The summed E-state index contributed by atoms with van der Waals surface area (Å²) < 4.78 is 14.9. The first-order valence-corrected chi connectivity index (χ1v) is 9.77. The number of rotatable bonds is 3. The third kappa shape index (κ3) is 3.27. The van der Waals surface area contributed by atoms with E-state index in [4.69, 9.17) is 11.6 Å². The quantitative estimate of drug-likeness (QED) is 0.514. The molecule has 0 bridgehead atoms. The summed E-state index contributed by atoms with van der Waals surface area (Å²) in [5, 5.41) is 6.02. The van der Waals surface area contributed by atoms with Crippen LogP contribution >= 0.6 is 11.6 Å². The zero-order valence-electron chi connectivity index (χ0n) is 15.5. The van der Waals surface area contributed by atoms with Crippen LogP contribution in [0.3, 0.4) is 0 Å². The maximum atomic E-state index is 13.2. The van der Waals surface area contributed by atoms with Crippen molar-refractivity contribution in [1.29, 1.82) is 0 Å². The van der Waals surface area contributed by atoms with Crippen LogP contribution in [0.5, 0.6) is 0 Å². The van der Waals surface area contributed by atoms with Crippen molar-refractivity contribution in [2.24, 2.45) is 0 Å². The Bertz CT molecular complexity index is 1150. The fourth-order valence-electron chi connectivity index (χ4n) is 3.71. The van der Waals surface area contributed by atoms with Crippen molar-refractivity contribution in [3.05, 3.63) is 71.9 Å². The highest BCUT2D eigenvalue weighted by Gasteiger charge is 2.22. The van der Waals surface area contributed by atoms with Gasteiger partial charge in [0, 0.05) is 31.9 Å². The van der Waals surface area contributed by atoms with Crippen molar-refractivity contribution in [3.63, 3.8) is 0 Å². The van der Waals surface area contributed by atoms with Gasteiger partial charge in [-0.05, 0) is 36.4 Å². The number of hydrogen-bond acceptors (Lipinski definition) is 5. The molecule has 0 amide bonds. The van der Waals surface area contributed by atoms with Crippen molar-refractivity contribution in [3.8, 4) is 5.69 Å². The Kier molecular flexibility index (Phi) is 4.52. The average Bonchev–Trinajstić information content (AvgIpc) is 3.19. The summed E-state index contributed by atoms with van der Waals surface area (Å²) in [5.41, 5.74) is 2.55. The van der Waals surface area contributed by atoms with Gasteiger partial charge in [-0.1, -0.05) is 23.7 Å². The molecular weight excluding hydrogens is 391 g/mol. The van der Waals surface area contributed by atoms with Gasteiger partial charge in [0.2, 0.25) is 0 Å². The lowest BCUT2D eigenvalue weighted by atomic mass is 10.2. The van der Waals surface area contributed by atoms with E-state index in [-0.39, 0.29) is 5.82 Å². The topological polar surface area (TPSA) is 50.1 Å². The summed E-state index contributed by atoms with van der Waals surface area (Å²) in [6, 6.07) is 14.2. The van der Waals surface area contributed by atoms with Gasteiger partial charge in [-0.3, -0.25) is 0 Å². The molecule has 1 fully saturated rings. The lowest BCUT2D eigenvalue weighted by Gasteiger charge is -2.36. The van der Waals surface area contributed by atoms with E-state index in [1.807, 2.05) is 36.4 Å². The van der Waals surface area contributed by atoms with Crippen molar-refractivity contribution in [2.75, 3.05) is 36.0 Å². The second-order valence-corrected chi connectivity index (χ2v) is 7.30. The summed E-state index contributed by atoms with van der Waals surface area (Å²) >= 11 is 6.34. The summed E-state index contributed by atoms with van der Waals surface area (Å²) in [5.74, 6) is 0.651. The molecule has 3 heterocycles. The third-order valence-electron chi connectivity index (χ3n) is 5.20. The van der Waals surface area contributed by atoms with Crippen molar-refractivity contribution in [2.45, 2.75) is 0 Å². The zero-order chi connectivity index (χ0) is 19.8. The van der Waals surface area contributed by atoms with Gasteiger partial charge in [0.05, 0.1) is 22.3 Å². The second-order valence-electron chi connectivity index (χ2n) is 6.89. The van der Waals surface area contributed by atoms with Crippen LogP contribution in [0.25, 0.3) is 16.7 Å². The van der Waals surface area contributed by atoms with E-state index in [2.05, 4.69) is 24.9 Å². The molecule has 29 heavy (non-hydrogen) atoms. The van der Waals surface area contributed by atoms with E-state index < -0.39 is 0 Å². The number of piperazine rings is 1. The van der Waals surface area contributed by atoms with Gasteiger partial charge >= 0.3 is 0 Å². The molecule has 4 aromatic rings. The van der Waals surface area contributed by atoms with Gasteiger partial charge in [0.25, 0.3) is 0 Å². The Morgan fingerprint density at radius 1 is 0.862 bits per heavy atom. The van der Waals surface area contributed by atoms with Gasteiger partial charge in [-0.2, -0.15) is 5.10 Å². The minimum absolute atomic E-state index is 0.216. The maximum Gasteiger partial charge on any atom is 0.168 e. The molecule has 6 nitrogen and oxygen atoms in total. The van der Waals surface area contributed by atoms with Crippen LogP contribution in [0.4, 0.5) is 15.9 Å². The van der Waals surface area contributed by atoms with Crippen molar-refractivity contribution in [1.82, 2.24) is 19.7 Å². The number of para-hydroxylation sites is 1. The predicted octanol–water partition coefficient (Wildman–Crippen LogP) is 3.93. The Labute approximate surface area is 172 Å². The highest BCUT2D eigenvalue weighted by Crippen LogP contribution is 2.28. The molecule has 0 N–H and O–H groups in total. The molecule has 0 spiro atoms. The number of fused-ring (bicyclic) bond motifs is 1. The highest BCUT2D eigenvalue weighted by atomic mass is 35.5.